The van der Waals surface area contributed by atoms with Crippen molar-refractivity contribution in [1.82, 2.24) is 0 Å². The molecule has 0 aromatic heterocycles. The second kappa shape index (κ2) is 16.0. The highest BCUT2D eigenvalue weighted by Gasteiger charge is 1.91. The van der Waals surface area contributed by atoms with Crippen LogP contribution in [0.2, 0.25) is 0 Å². The van der Waals surface area contributed by atoms with Crippen molar-refractivity contribution in [3.05, 3.63) is 23.8 Å². The summed E-state index contributed by atoms with van der Waals surface area (Å²) in [5, 5.41) is 8.43. The highest BCUT2D eigenvalue weighted by Crippen LogP contribution is 2.11. The van der Waals surface area contributed by atoms with Gasteiger partial charge in [-0.2, -0.15) is 5.26 Å². The van der Waals surface area contributed by atoms with Crippen LogP contribution in [0.25, 0.3) is 0 Å². The summed E-state index contributed by atoms with van der Waals surface area (Å²) in [6.45, 7) is 4.50. The molecular weight excluding hydrogens is 242 g/mol. The molecule has 0 radical (unpaired) electrons. The summed E-state index contributed by atoms with van der Waals surface area (Å²) in [4.78, 5) is 0. The van der Waals surface area contributed by atoms with Gasteiger partial charge in [-0.1, -0.05) is 69.8 Å². The van der Waals surface area contributed by atoms with Gasteiger partial charge in [-0.25, -0.2) is 0 Å². The molecule has 0 aliphatic rings. The van der Waals surface area contributed by atoms with Crippen LogP contribution in [0.3, 0.4) is 0 Å². The molecule has 1 nitrogen and oxygen atoms in total. The Labute approximate surface area is 126 Å². The van der Waals surface area contributed by atoms with Gasteiger partial charge in [0.15, 0.2) is 0 Å². The molecule has 0 N–H and O–H groups in total. The van der Waals surface area contributed by atoms with E-state index in [2.05, 4.69) is 38.1 Å². The molecule has 0 saturated carbocycles. The van der Waals surface area contributed by atoms with Crippen molar-refractivity contribution < 1.29 is 0 Å². The third-order valence-electron chi connectivity index (χ3n) is 3.64. The van der Waals surface area contributed by atoms with Gasteiger partial charge in [-0.15, -0.1) is 0 Å². The average molecular weight is 275 g/mol. The van der Waals surface area contributed by atoms with E-state index in [4.69, 9.17) is 5.26 Å². The number of hydrogen-bond donors (Lipinski definition) is 0. The maximum absolute atomic E-state index is 8.43. The lowest BCUT2D eigenvalue weighted by atomic mass is 10.1. The molecule has 0 atom stereocenters. The van der Waals surface area contributed by atoms with Gasteiger partial charge in [0.25, 0.3) is 0 Å². The first-order valence-corrected chi connectivity index (χ1v) is 8.55. The van der Waals surface area contributed by atoms with Crippen LogP contribution in [0.4, 0.5) is 0 Å². The van der Waals surface area contributed by atoms with E-state index in [9.17, 15) is 0 Å². The second-order valence-corrected chi connectivity index (χ2v) is 5.49. The summed E-state index contributed by atoms with van der Waals surface area (Å²) in [5.41, 5.74) is 1.61. The molecule has 114 valence electrons. The van der Waals surface area contributed by atoms with E-state index in [0.717, 1.165) is 19.3 Å². The van der Waals surface area contributed by atoms with Gasteiger partial charge in [-0.05, 0) is 38.5 Å². The van der Waals surface area contributed by atoms with Crippen LogP contribution >= 0.6 is 0 Å². The van der Waals surface area contributed by atoms with E-state index in [0.29, 0.717) is 0 Å². The summed E-state index contributed by atoms with van der Waals surface area (Å²) in [5.74, 6) is 0. The maximum Gasteiger partial charge on any atom is 0.0621 e. The minimum atomic E-state index is 0.730. The second-order valence-electron chi connectivity index (χ2n) is 5.49. The van der Waals surface area contributed by atoms with Crippen molar-refractivity contribution in [3.8, 4) is 6.07 Å². The van der Waals surface area contributed by atoms with Gasteiger partial charge in [0.05, 0.1) is 6.07 Å². The Balaban J connectivity index is 3.38. The number of nitrogens with zero attached hydrogens (tertiary/aromatic N) is 1. The molecule has 0 aromatic rings. The Morgan fingerprint density at radius 3 is 2.30 bits per heavy atom. The van der Waals surface area contributed by atoms with Gasteiger partial charge in [0, 0.05) is 6.42 Å². The smallest absolute Gasteiger partial charge is 0.0621 e. The van der Waals surface area contributed by atoms with E-state index < -0.39 is 0 Å². The van der Waals surface area contributed by atoms with Crippen LogP contribution in [0.5, 0.6) is 0 Å². The van der Waals surface area contributed by atoms with E-state index >= 15 is 0 Å². The normalized spacial score (nSPS) is 11.9. The molecule has 0 rings (SSSR count). The number of unbranched alkanes of at least 4 members (excludes halogenated alkanes) is 7. The van der Waals surface area contributed by atoms with Gasteiger partial charge in [-0.3, -0.25) is 0 Å². The average Bonchev–Trinajstić information content (AvgIpc) is 2.47. The molecule has 20 heavy (non-hydrogen) atoms. The SMILES string of the molecule is CCC/C(=C/C/C=C\CCCCCCCCC#N)CC. The van der Waals surface area contributed by atoms with E-state index in [-0.39, 0.29) is 0 Å². The Morgan fingerprint density at radius 2 is 1.65 bits per heavy atom. The van der Waals surface area contributed by atoms with Crippen molar-refractivity contribution in [1.29, 1.82) is 5.26 Å². The fourth-order valence-corrected chi connectivity index (χ4v) is 2.37. The number of hydrogen-bond acceptors (Lipinski definition) is 1. The molecule has 0 unspecified atom stereocenters. The minimum absolute atomic E-state index is 0.730. The zero-order chi connectivity index (χ0) is 14.9. The lowest BCUT2D eigenvalue weighted by Crippen LogP contribution is -1.80. The Bertz CT molecular complexity index is 293. The molecule has 0 aliphatic heterocycles. The fourth-order valence-electron chi connectivity index (χ4n) is 2.37. The van der Waals surface area contributed by atoms with Crippen LogP contribution in [0.15, 0.2) is 23.8 Å². The van der Waals surface area contributed by atoms with Gasteiger partial charge >= 0.3 is 0 Å². The Morgan fingerprint density at radius 1 is 0.950 bits per heavy atom. The first-order valence-electron chi connectivity index (χ1n) is 8.55. The Kier molecular flexibility index (Phi) is 15.2. The minimum Gasteiger partial charge on any atom is -0.198 e. The van der Waals surface area contributed by atoms with Gasteiger partial charge < -0.3 is 0 Å². The number of rotatable bonds is 13. The van der Waals surface area contributed by atoms with Crippen LogP contribution in [-0.4, -0.2) is 0 Å². The molecule has 0 fully saturated rings. The van der Waals surface area contributed by atoms with Crippen LogP contribution < -0.4 is 0 Å². The third kappa shape index (κ3) is 13.4. The van der Waals surface area contributed by atoms with E-state index in [1.807, 2.05) is 0 Å². The molecule has 0 saturated heterocycles. The molecule has 0 bridgehead atoms. The molecule has 0 amide bonds. The van der Waals surface area contributed by atoms with Crippen molar-refractivity contribution >= 4 is 0 Å². The molecule has 1 heteroatoms. The predicted molar refractivity (Wildman–Crippen MR) is 89.6 cm³/mol. The topological polar surface area (TPSA) is 23.8 Å². The summed E-state index contributed by atoms with van der Waals surface area (Å²) in [6, 6.07) is 2.20. The first-order chi connectivity index (χ1) is 9.85. The summed E-state index contributed by atoms with van der Waals surface area (Å²) < 4.78 is 0. The fraction of sp³-hybridized carbons (Fsp3) is 0.737. The zero-order valence-electron chi connectivity index (χ0n) is 13.7. The molecule has 0 spiro atoms. The largest absolute Gasteiger partial charge is 0.198 e. The highest BCUT2D eigenvalue weighted by atomic mass is 14.2. The molecule has 0 aromatic carbocycles. The Hall–Kier alpha value is -1.03. The highest BCUT2D eigenvalue weighted by molar-refractivity contribution is 5.04. The van der Waals surface area contributed by atoms with Gasteiger partial charge in [0.1, 0.15) is 0 Å². The van der Waals surface area contributed by atoms with Crippen molar-refractivity contribution in [3.63, 3.8) is 0 Å². The van der Waals surface area contributed by atoms with Crippen LogP contribution in [0.1, 0.15) is 90.9 Å². The number of nitriles is 1. The summed E-state index contributed by atoms with van der Waals surface area (Å²) in [6.07, 6.45) is 21.4. The summed E-state index contributed by atoms with van der Waals surface area (Å²) >= 11 is 0. The summed E-state index contributed by atoms with van der Waals surface area (Å²) in [7, 11) is 0. The lowest BCUT2D eigenvalue weighted by molar-refractivity contribution is 0.601. The third-order valence-corrected chi connectivity index (χ3v) is 3.64. The van der Waals surface area contributed by atoms with Crippen molar-refractivity contribution in [2.24, 2.45) is 0 Å². The van der Waals surface area contributed by atoms with E-state index in [1.54, 1.807) is 5.57 Å². The molecule has 0 aliphatic carbocycles. The monoisotopic (exact) mass is 275 g/mol. The molecular formula is C19H33N. The zero-order valence-corrected chi connectivity index (χ0v) is 13.7. The van der Waals surface area contributed by atoms with Crippen LogP contribution in [0, 0.1) is 11.3 Å². The van der Waals surface area contributed by atoms with Crippen molar-refractivity contribution in [2.45, 2.75) is 90.9 Å². The standard InChI is InChI=1S/C19H33N/c1-3-16-19(4-2)17-14-12-10-8-6-5-7-9-11-13-15-18-20/h10,12,17H,3-9,11,13-16H2,1-2H3/b12-10-,19-17+. The predicted octanol–water partition coefficient (Wildman–Crippen LogP) is 6.71. The quantitative estimate of drug-likeness (QED) is 0.270. The van der Waals surface area contributed by atoms with Gasteiger partial charge in [0.2, 0.25) is 0 Å². The molecule has 0 heterocycles. The van der Waals surface area contributed by atoms with Crippen LogP contribution in [-0.2, 0) is 0 Å². The first kappa shape index (κ1) is 19.0. The van der Waals surface area contributed by atoms with Crippen molar-refractivity contribution in [2.75, 3.05) is 0 Å². The lowest BCUT2D eigenvalue weighted by Gasteiger charge is -2.00. The van der Waals surface area contributed by atoms with E-state index in [1.165, 1.54) is 57.8 Å². The number of allylic oxidation sites excluding steroid dienone is 4. The maximum atomic E-state index is 8.43.